The molecule has 2 fully saturated rings. The van der Waals surface area contributed by atoms with Crippen molar-refractivity contribution in [3.63, 3.8) is 0 Å². The summed E-state index contributed by atoms with van der Waals surface area (Å²) in [6, 6.07) is 7.57. The van der Waals surface area contributed by atoms with Crippen LogP contribution in [-0.4, -0.2) is 69.7 Å². The number of morpholine rings is 1. The van der Waals surface area contributed by atoms with Crippen LogP contribution >= 0.6 is 0 Å². The topological polar surface area (TPSA) is 67.7 Å². The average molecular weight is 399 g/mol. The van der Waals surface area contributed by atoms with Crippen molar-refractivity contribution < 1.29 is 9.53 Å². The minimum absolute atomic E-state index is 0.0855. The van der Waals surface area contributed by atoms with E-state index in [0.29, 0.717) is 23.9 Å². The number of carbonyl (C=O) groups excluding carboxylic acids is 1. The van der Waals surface area contributed by atoms with E-state index >= 15 is 0 Å². The van der Waals surface area contributed by atoms with Crippen LogP contribution in [0.4, 0.5) is 0 Å². The highest BCUT2D eigenvalue weighted by atomic mass is 16.5. The Morgan fingerprint density at radius 1 is 1.21 bits per heavy atom. The van der Waals surface area contributed by atoms with E-state index in [1.807, 2.05) is 23.1 Å². The molecule has 1 aromatic carbocycles. The summed E-state index contributed by atoms with van der Waals surface area (Å²) in [6.07, 6.45) is 4.43. The van der Waals surface area contributed by atoms with Gasteiger partial charge in [0.25, 0.3) is 5.56 Å². The van der Waals surface area contributed by atoms with Gasteiger partial charge in [0.05, 0.1) is 29.4 Å². The van der Waals surface area contributed by atoms with Gasteiger partial charge in [-0.25, -0.2) is 4.98 Å². The largest absolute Gasteiger partial charge is 0.373 e. The molecule has 3 atom stereocenters. The number of para-hydroxylation sites is 1. The van der Waals surface area contributed by atoms with Crippen LogP contribution in [0.1, 0.15) is 33.1 Å². The summed E-state index contributed by atoms with van der Waals surface area (Å²) in [5.74, 6) is 0.127. The molecule has 29 heavy (non-hydrogen) atoms. The molecule has 2 aliphatic heterocycles. The number of nitrogens with zero attached hydrogens (tertiary/aromatic N) is 4. The second-order valence-electron chi connectivity index (χ2n) is 8.37. The van der Waals surface area contributed by atoms with Gasteiger partial charge in [-0.05, 0) is 38.8 Å². The van der Waals surface area contributed by atoms with Gasteiger partial charge in [-0.15, -0.1) is 0 Å². The van der Waals surface area contributed by atoms with Crippen molar-refractivity contribution in [1.82, 2.24) is 19.4 Å². The van der Waals surface area contributed by atoms with Crippen LogP contribution < -0.4 is 5.56 Å². The summed E-state index contributed by atoms with van der Waals surface area (Å²) in [6.45, 7) is 8.13. The van der Waals surface area contributed by atoms with Crippen molar-refractivity contribution in [2.24, 2.45) is 0 Å². The molecule has 0 radical (unpaired) electrons. The van der Waals surface area contributed by atoms with Gasteiger partial charge in [-0.2, -0.15) is 0 Å². The zero-order valence-electron chi connectivity index (χ0n) is 17.3. The van der Waals surface area contributed by atoms with Gasteiger partial charge in [-0.1, -0.05) is 12.1 Å². The first-order chi connectivity index (χ1) is 14.0. The summed E-state index contributed by atoms with van der Waals surface area (Å²) in [5.41, 5.74) is 0.603. The molecule has 2 saturated heterocycles. The van der Waals surface area contributed by atoms with Crippen LogP contribution in [0.2, 0.25) is 0 Å². The van der Waals surface area contributed by atoms with Crippen LogP contribution in [0.5, 0.6) is 0 Å². The fourth-order valence-corrected chi connectivity index (χ4v) is 4.71. The zero-order chi connectivity index (χ0) is 20.4. The molecule has 7 nitrogen and oxygen atoms in total. The average Bonchev–Trinajstić information content (AvgIpc) is 3.15. The van der Waals surface area contributed by atoms with Crippen LogP contribution in [0.15, 0.2) is 35.4 Å². The number of benzene rings is 1. The molecule has 1 aromatic heterocycles. The number of likely N-dealkylation sites (tertiary alicyclic amines) is 1. The Morgan fingerprint density at radius 3 is 2.76 bits per heavy atom. The summed E-state index contributed by atoms with van der Waals surface area (Å²) in [5, 5.41) is 0.594. The molecule has 3 heterocycles. The van der Waals surface area contributed by atoms with Crippen LogP contribution in [-0.2, 0) is 16.1 Å². The van der Waals surface area contributed by atoms with Gasteiger partial charge in [-0.3, -0.25) is 19.1 Å². The lowest BCUT2D eigenvalue weighted by atomic mass is 10.1. The molecule has 4 rings (SSSR count). The van der Waals surface area contributed by atoms with E-state index in [1.54, 1.807) is 17.0 Å². The first kappa shape index (κ1) is 20.0. The third kappa shape index (κ3) is 4.51. The predicted molar refractivity (Wildman–Crippen MR) is 112 cm³/mol. The predicted octanol–water partition coefficient (Wildman–Crippen LogP) is 1.89. The maximum atomic E-state index is 12.9. The van der Waals surface area contributed by atoms with E-state index < -0.39 is 0 Å². The Bertz CT molecular complexity index is 918. The van der Waals surface area contributed by atoms with E-state index in [4.69, 9.17) is 4.74 Å². The molecule has 156 valence electrons. The van der Waals surface area contributed by atoms with Crippen LogP contribution in [0.3, 0.4) is 0 Å². The van der Waals surface area contributed by atoms with Crippen molar-refractivity contribution >= 4 is 16.8 Å². The molecule has 2 aliphatic rings. The molecule has 3 unspecified atom stereocenters. The number of fused-ring (bicyclic) bond motifs is 1. The van der Waals surface area contributed by atoms with E-state index in [2.05, 4.69) is 23.7 Å². The summed E-state index contributed by atoms with van der Waals surface area (Å²) >= 11 is 0. The quantitative estimate of drug-likeness (QED) is 0.769. The van der Waals surface area contributed by atoms with Gasteiger partial charge in [0.1, 0.15) is 0 Å². The molecule has 0 spiro atoms. The number of aryl methyl sites for hydroxylation is 1. The maximum Gasteiger partial charge on any atom is 0.261 e. The minimum Gasteiger partial charge on any atom is -0.373 e. The van der Waals surface area contributed by atoms with Crippen molar-refractivity contribution in [2.75, 3.05) is 26.2 Å². The van der Waals surface area contributed by atoms with Gasteiger partial charge < -0.3 is 9.64 Å². The fourth-order valence-electron chi connectivity index (χ4n) is 4.71. The molecule has 7 heteroatoms. The molecule has 1 amide bonds. The van der Waals surface area contributed by atoms with E-state index in [1.165, 1.54) is 0 Å². The number of ether oxygens (including phenoxy) is 1. The van der Waals surface area contributed by atoms with Crippen molar-refractivity contribution in [1.29, 1.82) is 0 Å². The highest BCUT2D eigenvalue weighted by Crippen LogP contribution is 2.21. The molecular weight excluding hydrogens is 368 g/mol. The second-order valence-corrected chi connectivity index (χ2v) is 8.37. The van der Waals surface area contributed by atoms with Gasteiger partial charge >= 0.3 is 0 Å². The lowest BCUT2D eigenvalue weighted by Crippen LogP contribution is -2.51. The molecule has 0 bridgehead atoms. The number of hydrogen-bond donors (Lipinski definition) is 0. The third-order valence-electron chi connectivity index (χ3n) is 5.96. The first-order valence-electron chi connectivity index (χ1n) is 10.6. The number of hydrogen-bond acceptors (Lipinski definition) is 5. The molecule has 2 aromatic rings. The second kappa shape index (κ2) is 8.63. The van der Waals surface area contributed by atoms with Crippen LogP contribution in [0, 0.1) is 0 Å². The summed E-state index contributed by atoms with van der Waals surface area (Å²) < 4.78 is 7.38. The molecule has 0 N–H and O–H groups in total. The minimum atomic E-state index is -0.0855. The summed E-state index contributed by atoms with van der Waals surface area (Å²) in [7, 11) is 0. The Balaban J connectivity index is 1.38. The summed E-state index contributed by atoms with van der Waals surface area (Å²) in [4.78, 5) is 34.3. The highest BCUT2D eigenvalue weighted by Gasteiger charge is 2.32. The van der Waals surface area contributed by atoms with Crippen molar-refractivity contribution in [3.05, 3.63) is 40.9 Å². The molecule has 0 saturated carbocycles. The standard InChI is InChI=1S/C22H30N4O3/c1-16-12-24(13-17(2)29-16)14-18-6-5-10-26(18)21(27)9-11-25-15-23-20-8-4-3-7-19(20)22(25)28/h3-4,7-8,15-18H,5-6,9-14H2,1-2H3. The van der Waals surface area contributed by atoms with E-state index in [-0.39, 0.29) is 29.7 Å². The Morgan fingerprint density at radius 2 is 1.97 bits per heavy atom. The van der Waals surface area contributed by atoms with Gasteiger partial charge in [0, 0.05) is 45.2 Å². The third-order valence-corrected chi connectivity index (χ3v) is 5.96. The number of aromatic nitrogens is 2. The lowest BCUT2D eigenvalue weighted by Gasteiger charge is -2.38. The maximum absolute atomic E-state index is 12.9. The monoisotopic (exact) mass is 398 g/mol. The first-order valence-corrected chi connectivity index (χ1v) is 10.6. The zero-order valence-corrected chi connectivity index (χ0v) is 17.3. The number of carbonyl (C=O) groups is 1. The van der Waals surface area contributed by atoms with Crippen molar-refractivity contribution in [2.45, 2.75) is 57.9 Å². The van der Waals surface area contributed by atoms with Gasteiger partial charge in [0.15, 0.2) is 0 Å². The van der Waals surface area contributed by atoms with Crippen LogP contribution in [0.25, 0.3) is 10.9 Å². The molecular formula is C22H30N4O3. The van der Waals surface area contributed by atoms with E-state index in [9.17, 15) is 9.59 Å². The molecule has 0 aliphatic carbocycles. The smallest absolute Gasteiger partial charge is 0.261 e. The Labute approximate surface area is 171 Å². The van der Waals surface area contributed by atoms with Gasteiger partial charge in [0.2, 0.25) is 5.91 Å². The fraction of sp³-hybridized carbons (Fsp3) is 0.591. The van der Waals surface area contributed by atoms with Crippen molar-refractivity contribution in [3.8, 4) is 0 Å². The van der Waals surface area contributed by atoms with E-state index in [0.717, 1.165) is 39.0 Å². The normalized spacial score (nSPS) is 25.6. The number of rotatable bonds is 5. The SMILES string of the molecule is CC1CN(CC2CCCN2C(=O)CCn2cnc3ccccc3c2=O)CC(C)O1. The Kier molecular flexibility index (Phi) is 5.96. The Hall–Kier alpha value is -2.25. The lowest BCUT2D eigenvalue weighted by molar-refractivity contribution is -0.133. The highest BCUT2D eigenvalue weighted by molar-refractivity contribution is 5.78. The number of amides is 1.